The standard InChI is InChI=1S/C40H42O16S2/c1-13-11-15-18-19-21-24(23-20(18)25(28(45)34(15)51-3)30(47)38(36(23)53-5)57-9-7-41)37(54-6)39(31(48)26(21)29(46)35(52-4)22(19)17(13)14(2)43)58-10-8-55-40-33(50)32(49)27(44)16(12-42)56-40/h16,27,32-33,40-42,44-46,49-50H,7-12H2,1-6H3/t16-,27-,32+,33-,40-/m1/s1. The number of carbonyl (C=O) groups excluding carboxylic acids is 1. The van der Waals surface area contributed by atoms with Gasteiger partial charge in [0.25, 0.3) is 0 Å². The number of ketones is 1. The third-order valence-corrected chi connectivity index (χ3v) is 12.9. The van der Waals surface area contributed by atoms with Crippen LogP contribution < -0.4 is 29.8 Å². The summed E-state index contributed by atoms with van der Waals surface area (Å²) in [7, 11) is 5.31. The fourth-order valence-corrected chi connectivity index (χ4v) is 10.3. The van der Waals surface area contributed by atoms with Crippen molar-refractivity contribution in [1.29, 1.82) is 0 Å². The average Bonchev–Trinajstić information content (AvgIpc) is 3.33. The summed E-state index contributed by atoms with van der Waals surface area (Å²) in [6.45, 7) is 1.92. The molecule has 5 aromatic carbocycles. The maximum atomic E-state index is 14.9. The first-order valence-corrected chi connectivity index (χ1v) is 20.1. The number of allylic oxidation sites excluding steroid dienone is 2. The molecule has 0 spiro atoms. The minimum absolute atomic E-state index is 0.00436. The Bertz CT molecular complexity index is 2630. The lowest BCUT2D eigenvalue weighted by Crippen LogP contribution is -2.59. The first kappa shape index (κ1) is 41.8. The van der Waals surface area contributed by atoms with Gasteiger partial charge in [-0.15, -0.1) is 23.5 Å². The molecule has 5 aromatic rings. The molecule has 0 amide bonds. The van der Waals surface area contributed by atoms with E-state index in [1.807, 2.05) is 0 Å². The van der Waals surface area contributed by atoms with E-state index in [0.29, 0.717) is 16.5 Å². The van der Waals surface area contributed by atoms with Gasteiger partial charge < -0.3 is 64.2 Å². The molecule has 0 bridgehead atoms. The van der Waals surface area contributed by atoms with Crippen LogP contribution in [0.3, 0.4) is 0 Å². The lowest BCUT2D eigenvalue weighted by Gasteiger charge is -2.39. The van der Waals surface area contributed by atoms with Gasteiger partial charge in [0.15, 0.2) is 35.1 Å². The molecule has 0 saturated carbocycles. The molecule has 310 valence electrons. The lowest BCUT2D eigenvalue weighted by molar-refractivity contribution is -0.299. The number of methoxy groups -OCH3 is 4. The Morgan fingerprint density at radius 1 is 0.707 bits per heavy atom. The molecule has 16 nitrogen and oxygen atoms in total. The fraction of sp³-hybridized carbons (Fsp3) is 0.425. The molecule has 1 saturated heterocycles. The Labute approximate surface area is 338 Å². The summed E-state index contributed by atoms with van der Waals surface area (Å²) in [5, 5.41) is 75.5. The van der Waals surface area contributed by atoms with E-state index in [1.165, 1.54) is 35.4 Å². The summed E-state index contributed by atoms with van der Waals surface area (Å²) in [6, 6.07) is 0. The summed E-state index contributed by atoms with van der Waals surface area (Å²) < 4.78 is 34.9. The number of hydrogen-bond donors (Lipinski definition) is 7. The smallest absolute Gasteiger partial charge is 0.207 e. The fourth-order valence-electron chi connectivity index (χ4n) is 8.49. The number of thioether (sulfide) groups is 2. The number of ether oxygens (including phenoxy) is 6. The molecule has 58 heavy (non-hydrogen) atoms. The number of aliphatic hydroxyl groups excluding tert-OH is 5. The van der Waals surface area contributed by atoms with Gasteiger partial charge in [-0.05, 0) is 25.7 Å². The van der Waals surface area contributed by atoms with Gasteiger partial charge in [0.2, 0.25) is 10.9 Å². The summed E-state index contributed by atoms with van der Waals surface area (Å²) in [4.78, 5) is 43.2. The number of phenolic OH excluding ortho intramolecular Hbond substituents is 2. The van der Waals surface area contributed by atoms with Gasteiger partial charge in [0, 0.05) is 55.1 Å². The van der Waals surface area contributed by atoms with Crippen molar-refractivity contribution in [3.63, 3.8) is 0 Å². The molecule has 0 unspecified atom stereocenters. The minimum Gasteiger partial charge on any atom is -0.504 e. The number of aliphatic hydroxyl groups is 5. The lowest BCUT2D eigenvalue weighted by atomic mass is 9.82. The first-order valence-electron chi connectivity index (χ1n) is 18.1. The highest BCUT2D eigenvalue weighted by molar-refractivity contribution is 7.99. The Hall–Kier alpha value is -4.37. The van der Waals surface area contributed by atoms with Crippen LogP contribution in [0.15, 0.2) is 25.0 Å². The van der Waals surface area contributed by atoms with Gasteiger partial charge in [0.1, 0.15) is 35.9 Å². The zero-order valence-corrected chi connectivity index (χ0v) is 33.9. The first-order chi connectivity index (χ1) is 27.7. The summed E-state index contributed by atoms with van der Waals surface area (Å²) in [5.41, 5.74) is -0.0451. The van der Waals surface area contributed by atoms with E-state index < -0.39 is 59.7 Å². The zero-order valence-electron chi connectivity index (χ0n) is 32.3. The molecule has 7 rings (SSSR count). The Balaban J connectivity index is 1.62. The molecule has 5 atom stereocenters. The van der Waals surface area contributed by atoms with Gasteiger partial charge in [0.05, 0.1) is 68.8 Å². The van der Waals surface area contributed by atoms with Crippen molar-refractivity contribution in [3.8, 4) is 34.5 Å². The predicted molar refractivity (Wildman–Crippen MR) is 216 cm³/mol. The molecule has 1 aliphatic carbocycles. The third kappa shape index (κ3) is 5.99. The van der Waals surface area contributed by atoms with Crippen LogP contribution in [0.2, 0.25) is 0 Å². The van der Waals surface area contributed by atoms with Crippen LogP contribution in [0.1, 0.15) is 25.0 Å². The normalized spacial score (nSPS) is 20.8. The molecule has 2 aliphatic rings. The van der Waals surface area contributed by atoms with Crippen molar-refractivity contribution < 1.29 is 69.0 Å². The van der Waals surface area contributed by atoms with Crippen LogP contribution in [-0.2, 0) is 20.7 Å². The summed E-state index contributed by atoms with van der Waals surface area (Å²) in [6.07, 6.45) is -7.52. The highest BCUT2D eigenvalue weighted by Gasteiger charge is 2.44. The van der Waals surface area contributed by atoms with Gasteiger partial charge in [-0.3, -0.25) is 14.4 Å². The van der Waals surface area contributed by atoms with Gasteiger partial charge in [-0.25, -0.2) is 0 Å². The number of Topliss-reactive ketones (excluding diaryl/α,β-unsaturated/α-hetero) is 1. The summed E-state index contributed by atoms with van der Waals surface area (Å²) >= 11 is 1.94. The molecule has 0 aromatic heterocycles. The second-order valence-electron chi connectivity index (χ2n) is 13.9. The Morgan fingerprint density at radius 2 is 1.24 bits per heavy atom. The molecule has 18 heteroatoms. The van der Waals surface area contributed by atoms with E-state index in [4.69, 9.17) is 28.4 Å². The molecule has 1 heterocycles. The number of fused-ring (bicyclic) bond motifs is 1. The quantitative estimate of drug-likeness (QED) is 0.0367. The second-order valence-corrected chi connectivity index (χ2v) is 16.1. The number of benzene rings is 5. The van der Waals surface area contributed by atoms with Crippen molar-refractivity contribution in [2.24, 2.45) is 0 Å². The Kier molecular flexibility index (Phi) is 11.5. The number of phenols is 2. The highest BCUT2D eigenvalue weighted by Crippen LogP contribution is 2.59. The number of aromatic hydroxyl groups is 2. The molecule has 0 radical (unpaired) electrons. The van der Waals surface area contributed by atoms with E-state index in [9.17, 15) is 50.1 Å². The maximum Gasteiger partial charge on any atom is 0.207 e. The van der Waals surface area contributed by atoms with Gasteiger partial charge >= 0.3 is 0 Å². The second kappa shape index (κ2) is 16.0. The van der Waals surface area contributed by atoms with Crippen molar-refractivity contribution in [2.45, 2.75) is 60.8 Å². The van der Waals surface area contributed by atoms with Crippen LogP contribution in [0.4, 0.5) is 0 Å². The van der Waals surface area contributed by atoms with E-state index in [-0.39, 0.29) is 119 Å². The van der Waals surface area contributed by atoms with Crippen molar-refractivity contribution in [1.82, 2.24) is 0 Å². The SMILES string of the molecule is COc1c(O)c2c(=O)c(SCCO)c(OC)c3c4c(OC)c(SCCO[C@@H]5O[C@H](CO)[C@@H](O)[C@H](O)[C@H]5O)c(=O)c5c(O)c(OC)c6c(c(c1CC(C)=C6C(C)=O)c23)c54. The zero-order chi connectivity index (χ0) is 42.1. The Morgan fingerprint density at radius 3 is 1.76 bits per heavy atom. The van der Waals surface area contributed by atoms with Gasteiger partial charge in [-0.1, -0.05) is 5.57 Å². The third-order valence-electron chi connectivity index (χ3n) is 10.8. The van der Waals surface area contributed by atoms with E-state index >= 15 is 0 Å². The van der Waals surface area contributed by atoms with Gasteiger partial charge in [-0.2, -0.15) is 0 Å². The highest BCUT2D eigenvalue weighted by atomic mass is 32.2. The van der Waals surface area contributed by atoms with Crippen molar-refractivity contribution in [2.75, 3.05) is 59.8 Å². The maximum absolute atomic E-state index is 14.9. The number of rotatable bonds is 14. The number of carbonyl (C=O) groups is 1. The largest absolute Gasteiger partial charge is 0.504 e. The minimum atomic E-state index is -1.67. The predicted octanol–water partition coefficient (Wildman–Crippen LogP) is 2.25. The van der Waals surface area contributed by atoms with Crippen LogP contribution in [0.25, 0.3) is 48.7 Å². The monoisotopic (exact) mass is 842 g/mol. The average molecular weight is 843 g/mol. The number of hydrogen-bond acceptors (Lipinski definition) is 18. The van der Waals surface area contributed by atoms with E-state index in [0.717, 1.165) is 23.5 Å². The molecule has 7 N–H and O–H groups in total. The van der Waals surface area contributed by atoms with E-state index in [2.05, 4.69) is 0 Å². The van der Waals surface area contributed by atoms with Crippen LogP contribution >= 0.6 is 23.5 Å². The van der Waals surface area contributed by atoms with Crippen LogP contribution in [0.5, 0.6) is 34.5 Å². The van der Waals surface area contributed by atoms with Crippen LogP contribution in [0, 0.1) is 0 Å². The molecule has 1 fully saturated rings. The molecular weight excluding hydrogens is 801 g/mol. The topological polar surface area (TPSA) is 248 Å². The van der Waals surface area contributed by atoms with E-state index in [1.54, 1.807) is 6.92 Å². The van der Waals surface area contributed by atoms with Crippen LogP contribution in [-0.4, -0.2) is 132 Å². The molecular formula is C40H42O16S2. The molecule has 1 aliphatic heterocycles. The summed E-state index contributed by atoms with van der Waals surface area (Å²) in [5.74, 6) is -1.53. The van der Waals surface area contributed by atoms with Crippen molar-refractivity contribution >= 4 is 78.0 Å². The van der Waals surface area contributed by atoms with Crippen molar-refractivity contribution in [3.05, 3.63) is 37.1 Å².